The van der Waals surface area contributed by atoms with E-state index in [2.05, 4.69) is 19.7 Å². The zero-order valence-electron chi connectivity index (χ0n) is 7.64. The first-order chi connectivity index (χ1) is 6.86. The highest BCUT2D eigenvalue weighted by Gasteiger charge is 2.21. The van der Waals surface area contributed by atoms with Crippen LogP contribution in [0.4, 0.5) is 0 Å². The molecule has 1 atom stereocenters. The molecule has 3 rings (SSSR count). The van der Waals surface area contributed by atoms with Gasteiger partial charge in [0.25, 0.3) is 0 Å². The minimum absolute atomic E-state index is 0.140. The zero-order valence-corrected chi connectivity index (χ0v) is 7.64. The van der Waals surface area contributed by atoms with Gasteiger partial charge in [0.1, 0.15) is 6.17 Å². The van der Waals surface area contributed by atoms with E-state index in [1.807, 2.05) is 6.20 Å². The molecule has 0 bridgehead atoms. The summed E-state index contributed by atoms with van der Waals surface area (Å²) in [4.78, 5) is 8.48. The van der Waals surface area contributed by atoms with Crippen LogP contribution in [-0.2, 0) is 6.42 Å². The molecule has 14 heavy (non-hydrogen) atoms. The minimum Gasteiger partial charge on any atom is -0.311 e. The van der Waals surface area contributed by atoms with E-state index in [9.17, 15) is 0 Å². The molecule has 0 aliphatic carbocycles. The van der Waals surface area contributed by atoms with Crippen LogP contribution in [0.2, 0.25) is 0 Å². The number of imidazole rings is 1. The summed E-state index contributed by atoms with van der Waals surface area (Å²) in [5.41, 5.74) is 8.93. The number of hydrogen-bond acceptors (Lipinski definition) is 4. The van der Waals surface area contributed by atoms with Crippen LogP contribution >= 0.6 is 0 Å². The topological polar surface area (TPSA) is 68.2 Å². The van der Waals surface area contributed by atoms with Gasteiger partial charge in [-0.05, 0) is 0 Å². The summed E-state index contributed by atoms with van der Waals surface area (Å²) in [7, 11) is 0. The molecule has 5 heteroatoms. The number of rotatable bonds is 0. The molecule has 0 radical (unpaired) electrons. The van der Waals surface area contributed by atoms with Crippen LogP contribution in [0.1, 0.15) is 17.6 Å². The van der Waals surface area contributed by atoms with E-state index in [1.165, 1.54) is 5.69 Å². The SMILES string of the molecule is NC1NCCc2c1nc1cnccn21. The molecule has 0 saturated carbocycles. The summed E-state index contributed by atoms with van der Waals surface area (Å²) in [5.74, 6) is 0. The van der Waals surface area contributed by atoms with Crippen molar-refractivity contribution in [2.45, 2.75) is 12.6 Å². The Labute approximate surface area is 81.0 Å². The molecule has 0 saturated heterocycles. The smallest absolute Gasteiger partial charge is 0.155 e. The number of hydrogen-bond donors (Lipinski definition) is 2. The van der Waals surface area contributed by atoms with Crippen LogP contribution in [0.25, 0.3) is 5.65 Å². The van der Waals surface area contributed by atoms with Crippen molar-refractivity contribution in [1.29, 1.82) is 0 Å². The van der Waals surface area contributed by atoms with E-state index in [4.69, 9.17) is 5.73 Å². The number of fused-ring (bicyclic) bond motifs is 3. The lowest BCUT2D eigenvalue weighted by molar-refractivity contribution is 0.505. The first-order valence-corrected chi connectivity index (χ1v) is 4.66. The predicted molar refractivity (Wildman–Crippen MR) is 51.6 cm³/mol. The van der Waals surface area contributed by atoms with E-state index in [0.29, 0.717) is 0 Å². The molecule has 0 fully saturated rings. The maximum absolute atomic E-state index is 5.90. The Morgan fingerprint density at radius 3 is 3.43 bits per heavy atom. The molecule has 2 aromatic rings. The van der Waals surface area contributed by atoms with E-state index < -0.39 is 0 Å². The summed E-state index contributed by atoms with van der Waals surface area (Å²) in [6.45, 7) is 0.907. The molecule has 72 valence electrons. The van der Waals surface area contributed by atoms with Crippen LogP contribution in [0, 0.1) is 0 Å². The van der Waals surface area contributed by atoms with Gasteiger partial charge in [0.15, 0.2) is 5.65 Å². The van der Waals surface area contributed by atoms with Crippen molar-refractivity contribution in [3.63, 3.8) is 0 Å². The highest BCUT2D eigenvalue weighted by atomic mass is 15.1. The largest absolute Gasteiger partial charge is 0.311 e. The van der Waals surface area contributed by atoms with Crippen LogP contribution in [0.5, 0.6) is 0 Å². The van der Waals surface area contributed by atoms with Gasteiger partial charge in [-0.15, -0.1) is 0 Å². The number of nitrogens with one attached hydrogen (secondary N) is 1. The van der Waals surface area contributed by atoms with Gasteiger partial charge in [-0.25, -0.2) is 4.98 Å². The van der Waals surface area contributed by atoms with Gasteiger partial charge in [0.2, 0.25) is 0 Å². The predicted octanol–water partition coefficient (Wildman–Crippen LogP) is -0.168. The van der Waals surface area contributed by atoms with Gasteiger partial charge < -0.3 is 10.1 Å². The third-order valence-corrected chi connectivity index (χ3v) is 2.58. The number of aromatic nitrogens is 3. The third-order valence-electron chi connectivity index (χ3n) is 2.58. The van der Waals surface area contributed by atoms with Crippen molar-refractivity contribution in [3.05, 3.63) is 30.0 Å². The van der Waals surface area contributed by atoms with E-state index in [0.717, 1.165) is 24.3 Å². The number of nitrogens with two attached hydrogens (primary N) is 1. The van der Waals surface area contributed by atoms with Gasteiger partial charge in [-0.3, -0.25) is 10.3 Å². The third kappa shape index (κ3) is 0.964. The second-order valence-corrected chi connectivity index (χ2v) is 3.43. The normalized spacial score (nSPS) is 21.1. The van der Waals surface area contributed by atoms with Crippen LogP contribution < -0.4 is 11.1 Å². The van der Waals surface area contributed by atoms with Gasteiger partial charge >= 0.3 is 0 Å². The summed E-state index contributed by atoms with van der Waals surface area (Å²) in [5, 5.41) is 3.18. The van der Waals surface area contributed by atoms with Crippen LogP contribution in [0.3, 0.4) is 0 Å². The van der Waals surface area contributed by atoms with Crippen LogP contribution in [-0.4, -0.2) is 20.9 Å². The molecule has 2 aromatic heterocycles. The molecular formula is C9H11N5. The lowest BCUT2D eigenvalue weighted by Gasteiger charge is -2.18. The quantitative estimate of drug-likeness (QED) is 0.604. The van der Waals surface area contributed by atoms with Crippen LogP contribution in [0.15, 0.2) is 18.6 Å². The molecule has 0 spiro atoms. The molecule has 1 aliphatic rings. The monoisotopic (exact) mass is 189 g/mol. The van der Waals surface area contributed by atoms with Gasteiger partial charge in [0, 0.05) is 25.4 Å². The van der Waals surface area contributed by atoms with Crippen molar-refractivity contribution in [2.24, 2.45) is 5.73 Å². The standard InChI is InChI=1S/C9H11N5/c10-9-8-6(1-2-12-9)14-4-3-11-5-7(14)13-8/h3-5,9,12H,1-2,10H2. The highest BCUT2D eigenvalue weighted by molar-refractivity contribution is 5.42. The Kier molecular flexibility index (Phi) is 1.56. The Hall–Kier alpha value is -1.46. The summed E-state index contributed by atoms with van der Waals surface area (Å²) >= 11 is 0. The van der Waals surface area contributed by atoms with E-state index in [1.54, 1.807) is 12.4 Å². The fraction of sp³-hybridized carbons (Fsp3) is 0.333. The summed E-state index contributed by atoms with van der Waals surface area (Å²) in [6.07, 6.45) is 6.28. The Morgan fingerprint density at radius 2 is 2.50 bits per heavy atom. The second-order valence-electron chi connectivity index (χ2n) is 3.43. The Bertz CT molecular complexity index is 475. The minimum atomic E-state index is -0.140. The van der Waals surface area contributed by atoms with Crippen molar-refractivity contribution >= 4 is 5.65 Å². The fourth-order valence-electron chi connectivity index (χ4n) is 1.92. The van der Waals surface area contributed by atoms with E-state index in [-0.39, 0.29) is 6.17 Å². The van der Waals surface area contributed by atoms with Gasteiger partial charge in [-0.2, -0.15) is 0 Å². The maximum Gasteiger partial charge on any atom is 0.155 e. The highest BCUT2D eigenvalue weighted by Crippen LogP contribution is 2.19. The summed E-state index contributed by atoms with van der Waals surface area (Å²) in [6, 6.07) is 0. The second kappa shape index (κ2) is 2.76. The lowest BCUT2D eigenvalue weighted by atomic mass is 10.1. The van der Waals surface area contributed by atoms with E-state index >= 15 is 0 Å². The average molecular weight is 189 g/mol. The molecule has 0 amide bonds. The first-order valence-electron chi connectivity index (χ1n) is 4.66. The maximum atomic E-state index is 5.90. The first kappa shape index (κ1) is 7.90. The fourth-order valence-corrected chi connectivity index (χ4v) is 1.92. The Morgan fingerprint density at radius 1 is 1.57 bits per heavy atom. The lowest BCUT2D eigenvalue weighted by Crippen LogP contribution is -2.35. The van der Waals surface area contributed by atoms with Crippen molar-refractivity contribution in [1.82, 2.24) is 19.7 Å². The molecular weight excluding hydrogens is 178 g/mol. The molecule has 3 N–H and O–H groups in total. The average Bonchev–Trinajstić information content (AvgIpc) is 2.59. The molecule has 1 aliphatic heterocycles. The number of nitrogens with zero attached hydrogens (tertiary/aromatic N) is 3. The van der Waals surface area contributed by atoms with Crippen molar-refractivity contribution in [2.75, 3.05) is 6.54 Å². The molecule has 5 nitrogen and oxygen atoms in total. The van der Waals surface area contributed by atoms with Crippen molar-refractivity contribution in [3.8, 4) is 0 Å². The van der Waals surface area contributed by atoms with Crippen molar-refractivity contribution < 1.29 is 0 Å². The molecule has 1 unspecified atom stereocenters. The molecule has 3 heterocycles. The van der Waals surface area contributed by atoms with Gasteiger partial charge in [-0.1, -0.05) is 0 Å². The zero-order chi connectivity index (χ0) is 9.54. The Balaban J connectivity index is 2.32. The van der Waals surface area contributed by atoms with Gasteiger partial charge in [0.05, 0.1) is 17.6 Å². The molecule has 0 aromatic carbocycles. The summed E-state index contributed by atoms with van der Waals surface area (Å²) < 4.78 is 2.06.